The molecule has 0 radical (unpaired) electrons. The first kappa shape index (κ1) is 41.0. The number of likely N-dealkylation sites (N-methyl/N-ethyl adjacent to an activating group) is 1. The second-order valence-electron chi connectivity index (χ2n) is 15.1. The molecule has 2 aliphatic heterocycles. The summed E-state index contributed by atoms with van der Waals surface area (Å²) < 4.78 is 18.9. The number of aliphatic hydroxyl groups is 3. The molecule has 2 amide bonds. The average molecular weight is 814 g/mol. The molecule has 7 N–H and O–H groups in total. The monoisotopic (exact) mass is 813 g/mol. The van der Waals surface area contributed by atoms with Crippen LogP contribution in [0.25, 0.3) is 0 Å². The van der Waals surface area contributed by atoms with Crippen molar-refractivity contribution in [2.75, 3.05) is 13.6 Å². The van der Waals surface area contributed by atoms with E-state index in [1.807, 2.05) is 18.0 Å². The summed E-state index contributed by atoms with van der Waals surface area (Å²) in [5.41, 5.74) is -0.435. The molecule has 1 saturated heterocycles. The molecule has 2 bridgehead atoms. The molecule has 4 aliphatic rings. The molecule has 2 heterocycles. The van der Waals surface area contributed by atoms with Gasteiger partial charge < -0.3 is 50.4 Å². The predicted molar refractivity (Wildman–Crippen MR) is 202 cm³/mol. The maximum Gasteiger partial charge on any atom is 0.326 e. The number of esters is 2. The minimum atomic E-state index is -1.79. The van der Waals surface area contributed by atoms with Gasteiger partial charge in [0.2, 0.25) is 0 Å². The molecule has 310 valence electrons. The lowest BCUT2D eigenvalue weighted by molar-refractivity contribution is -0.207. The SMILES string of the molecule is CN1CCC23c4c5ccc(CO)c4OC2C(OC(=O)C[C@H](NC(=O)[C@@H](O)c2ccccc2)C(=O)O)=CC[C@@]3(OC(=O)C[C@H](NC(=O)[C@H](O)c2ccccc2)C(=O)O)[C@H]1C5. The Balaban J connectivity index is 1.17. The highest BCUT2D eigenvalue weighted by atomic mass is 16.6. The summed E-state index contributed by atoms with van der Waals surface area (Å²) in [6.07, 6.45) is -4.18. The lowest BCUT2D eigenvalue weighted by Gasteiger charge is -2.62. The van der Waals surface area contributed by atoms with Gasteiger partial charge in [-0.1, -0.05) is 72.8 Å². The molecular weight excluding hydrogens is 770 g/mol. The fourth-order valence-electron chi connectivity index (χ4n) is 9.03. The van der Waals surface area contributed by atoms with E-state index < -0.39 is 103 Å². The van der Waals surface area contributed by atoms with Crippen LogP contribution in [0.4, 0.5) is 0 Å². The Morgan fingerprint density at radius 3 is 1.93 bits per heavy atom. The fourth-order valence-corrected chi connectivity index (χ4v) is 9.03. The van der Waals surface area contributed by atoms with Gasteiger partial charge in [-0.15, -0.1) is 0 Å². The molecule has 59 heavy (non-hydrogen) atoms. The molecule has 8 atom stereocenters. The number of aliphatic hydroxyl groups excluding tert-OH is 3. The van der Waals surface area contributed by atoms with E-state index in [4.69, 9.17) is 14.2 Å². The van der Waals surface area contributed by atoms with Crippen molar-refractivity contribution in [3.63, 3.8) is 0 Å². The Morgan fingerprint density at radius 1 is 0.831 bits per heavy atom. The van der Waals surface area contributed by atoms with E-state index in [1.165, 1.54) is 30.3 Å². The van der Waals surface area contributed by atoms with Gasteiger partial charge in [-0.2, -0.15) is 0 Å². The van der Waals surface area contributed by atoms with Gasteiger partial charge in [0.05, 0.1) is 30.9 Å². The number of hydrogen-bond donors (Lipinski definition) is 7. The van der Waals surface area contributed by atoms with Crippen LogP contribution in [0.3, 0.4) is 0 Å². The van der Waals surface area contributed by atoms with E-state index in [0.29, 0.717) is 29.8 Å². The van der Waals surface area contributed by atoms with Gasteiger partial charge >= 0.3 is 23.9 Å². The van der Waals surface area contributed by atoms with Gasteiger partial charge in [0, 0.05) is 17.5 Å². The van der Waals surface area contributed by atoms with Gasteiger partial charge in [-0.25, -0.2) is 9.59 Å². The number of rotatable bonds is 15. The Kier molecular flexibility index (Phi) is 11.3. The maximum atomic E-state index is 14.0. The van der Waals surface area contributed by atoms with Crippen molar-refractivity contribution < 1.29 is 68.5 Å². The van der Waals surface area contributed by atoms with E-state index in [1.54, 1.807) is 42.5 Å². The van der Waals surface area contributed by atoms with Crippen LogP contribution in [-0.2, 0) is 56.7 Å². The summed E-state index contributed by atoms with van der Waals surface area (Å²) in [7, 11) is 1.85. The van der Waals surface area contributed by atoms with Crippen molar-refractivity contribution in [1.82, 2.24) is 15.5 Å². The summed E-state index contributed by atoms with van der Waals surface area (Å²) >= 11 is 0. The predicted octanol–water partition coefficient (Wildman–Crippen LogP) is 0.937. The van der Waals surface area contributed by atoms with Crippen LogP contribution < -0.4 is 15.4 Å². The van der Waals surface area contributed by atoms with Gasteiger partial charge in [0.1, 0.15) is 29.2 Å². The topological polar surface area (TPSA) is 259 Å². The Labute approximate surface area is 337 Å². The molecule has 17 nitrogen and oxygen atoms in total. The Morgan fingerprint density at radius 2 is 1.39 bits per heavy atom. The molecule has 1 fully saturated rings. The summed E-state index contributed by atoms with van der Waals surface area (Å²) in [4.78, 5) is 80.0. The number of carboxylic acid groups (broad SMARTS) is 2. The fraction of sp³-hybridized carbons (Fsp3) is 0.381. The minimum Gasteiger partial charge on any atom is -0.481 e. The Hall–Kier alpha value is -6.14. The quantitative estimate of drug-likeness (QED) is 0.105. The third kappa shape index (κ3) is 7.30. The molecule has 2 unspecified atom stereocenters. The van der Waals surface area contributed by atoms with E-state index in [2.05, 4.69) is 10.6 Å². The van der Waals surface area contributed by atoms with E-state index >= 15 is 0 Å². The molecule has 3 aromatic carbocycles. The summed E-state index contributed by atoms with van der Waals surface area (Å²) in [6.45, 7) is 0.0271. The van der Waals surface area contributed by atoms with Crippen molar-refractivity contribution >= 4 is 35.7 Å². The Bertz CT molecular complexity index is 2200. The number of carboxylic acids is 2. The third-order valence-corrected chi connectivity index (χ3v) is 11.8. The zero-order valence-electron chi connectivity index (χ0n) is 31.8. The third-order valence-electron chi connectivity index (χ3n) is 11.8. The van der Waals surface area contributed by atoms with Gasteiger partial charge in [-0.3, -0.25) is 24.1 Å². The summed E-state index contributed by atoms with van der Waals surface area (Å²) in [5, 5.41) is 55.9. The lowest BCUT2D eigenvalue weighted by atomic mass is 9.50. The highest BCUT2D eigenvalue weighted by Crippen LogP contribution is 2.65. The molecule has 7 rings (SSSR count). The van der Waals surface area contributed by atoms with Crippen molar-refractivity contribution in [2.45, 2.75) is 86.2 Å². The van der Waals surface area contributed by atoms with Crippen LogP contribution in [0, 0.1) is 0 Å². The molecular formula is C42H43N3O14. The highest BCUT2D eigenvalue weighted by Gasteiger charge is 2.74. The number of benzene rings is 3. The van der Waals surface area contributed by atoms with Crippen molar-refractivity contribution in [3.8, 4) is 5.75 Å². The van der Waals surface area contributed by atoms with E-state index in [9.17, 15) is 54.3 Å². The van der Waals surface area contributed by atoms with Crippen LogP contribution in [0.5, 0.6) is 5.75 Å². The van der Waals surface area contributed by atoms with E-state index in [0.717, 1.165) is 5.56 Å². The first-order valence-corrected chi connectivity index (χ1v) is 19.0. The largest absolute Gasteiger partial charge is 0.481 e. The lowest BCUT2D eigenvalue weighted by Crippen LogP contribution is -2.75. The van der Waals surface area contributed by atoms with Gasteiger partial charge in [-0.05, 0) is 49.2 Å². The molecule has 1 spiro atoms. The van der Waals surface area contributed by atoms with Gasteiger partial charge in [0.25, 0.3) is 11.8 Å². The molecule has 0 saturated carbocycles. The second kappa shape index (κ2) is 16.2. The number of nitrogens with zero attached hydrogens (tertiary/aromatic N) is 1. The summed E-state index contributed by atoms with van der Waals surface area (Å²) in [5.74, 6) is -6.94. The number of nitrogens with one attached hydrogen (secondary N) is 2. The minimum absolute atomic E-state index is 0.0247. The molecule has 0 aromatic heterocycles. The highest BCUT2D eigenvalue weighted by molar-refractivity contribution is 5.90. The zero-order valence-corrected chi connectivity index (χ0v) is 31.8. The van der Waals surface area contributed by atoms with E-state index in [-0.39, 0.29) is 29.7 Å². The number of aliphatic carboxylic acids is 2. The average Bonchev–Trinajstić information content (AvgIpc) is 3.58. The van der Waals surface area contributed by atoms with Crippen LogP contribution in [0.1, 0.15) is 65.7 Å². The van der Waals surface area contributed by atoms with Crippen molar-refractivity contribution in [3.05, 3.63) is 112 Å². The zero-order chi connectivity index (χ0) is 42.2. The van der Waals surface area contributed by atoms with Gasteiger partial charge in [0.15, 0.2) is 18.3 Å². The molecule has 17 heteroatoms. The molecule has 2 aliphatic carbocycles. The second-order valence-corrected chi connectivity index (χ2v) is 15.1. The normalized spacial score (nSPS) is 24.4. The first-order chi connectivity index (χ1) is 28.2. The van der Waals surface area contributed by atoms with Crippen LogP contribution >= 0.6 is 0 Å². The maximum absolute atomic E-state index is 14.0. The number of likely N-dealkylation sites (tertiary alicyclic amines) is 1. The smallest absolute Gasteiger partial charge is 0.326 e. The van der Waals surface area contributed by atoms with Crippen molar-refractivity contribution in [1.29, 1.82) is 0 Å². The number of piperidine rings is 1. The van der Waals surface area contributed by atoms with Crippen LogP contribution in [-0.4, -0.2) is 110 Å². The number of carbonyl (C=O) groups is 6. The molecule has 3 aromatic rings. The number of carbonyl (C=O) groups excluding carboxylic acids is 4. The van der Waals surface area contributed by atoms with Crippen LogP contribution in [0.15, 0.2) is 84.6 Å². The number of amides is 2. The summed E-state index contributed by atoms with van der Waals surface area (Å²) in [6, 6.07) is 15.1. The number of hydrogen-bond acceptors (Lipinski definition) is 13. The number of ether oxygens (including phenoxy) is 3. The first-order valence-electron chi connectivity index (χ1n) is 19.0. The standard InChI is InChI=1S/C42H43N3O14/c1-45-17-16-41-32-24-12-13-25(21-46)35(32)58-36(41)28(57-30(47)19-26(39(53)54)43-37(51)33(49)22-8-4-2-5-9-22)14-15-42(41,29(45)18-24)59-31(48)20-27(40(55)56)44-38(52)34(50)23-10-6-3-7-11-23/h2-14,26-27,29,33-34,36,46,49-50H,15-21H2,1H3,(H,43,51)(H,44,52)(H,53,54)(H,55,56)/t26-,27-,29+,33-,34+,36?,41?,42+/m0/s1. The van der Waals surface area contributed by atoms with Crippen LogP contribution in [0.2, 0.25) is 0 Å². The van der Waals surface area contributed by atoms with Crippen molar-refractivity contribution in [2.24, 2.45) is 0 Å².